The lowest BCUT2D eigenvalue weighted by atomic mass is 9.98. The van der Waals surface area contributed by atoms with Gasteiger partial charge in [0.2, 0.25) is 0 Å². The average Bonchev–Trinajstić information content (AvgIpc) is 3.24. The zero-order valence-electron chi connectivity index (χ0n) is 12.7. The van der Waals surface area contributed by atoms with Crippen molar-refractivity contribution in [3.8, 4) is 0 Å². The summed E-state index contributed by atoms with van der Waals surface area (Å²) in [4.78, 5) is 13.9. The second-order valence-corrected chi connectivity index (χ2v) is 5.65. The molecule has 0 heterocycles. The maximum atomic E-state index is 11.7. The third-order valence-electron chi connectivity index (χ3n) is 3.85. The Bertz CT molecular complexity index is 282. The van der Waals surface area contributed by atoms with E-state index in [0.29, 0.717) is 0 Å². The molecular formula is C14H28N2O3. The number of carbonyl (C=O) groups excluding carboxylic acids is 1. The van der Waals surface area contributed by atoms with Crippen LogP contribution in [0.4, 0.5) is 0 Å². The van der Waals surface area contributed by atoms with Gasteiger partial charge in [0.15, 0.2) is 0 Å². The lowest BCUT2D eigenvalue weighted by Gasteiger charge is -2.28. The predicted molar refractivity (Wildman–Crippen MR) is 75.1 cm³/mol. The fourth-order valence-electron chi connectivity index (χ4n) is 1.84. The van der Waals surface area contributed by atoms with Crippen LogP contribution in [0.5, 0.6) is 0 Å². The number of carbonyl (C=O) groups is 1. The molecule has 5 heteroatoms. The Kier molecular flexibility index (Phi) is 6.75. The highest BCUT2D eigenvalue weighted by molar-refractivity contribution is 5.80. The van der Waals surface area contributed by atoms with Crippen LogP contribution in [0, 0.1) is 5.92 Å². The van der Waals surface area contributed by atoms with Crippen LogP contribution in [0.2, 0.25) is 0 Å². The zero-order chi connectivity index (χ0) is 14.3. The van der Waals surface area contributed by atoms with Gasteiger partial charge in [-0.25, -0.2) is 0 Å². The minimum Gasteiger partial charge on any atom is -0.468 e. The van der Waals surface area contributed by atoms with E-state index in [2.05, 4.69) is 10.2 Å². The summed E-state index contributed by atoms with van der Waals surface area (Å²) in [6.45, 7) is 5.27. The van der Waals surface area contributed by atoms with Crippen molar-refractivity contribution < 1.29 is 14.3 Å². The lowest BCUT2D eigenvalue weighted by Crippen LogP contribution is -2.50. The number of hydrogen-bond donors (Lipinski definition) is 1. The standard InChI is InChI=1S/C14H28N2O3/c1-14(15-2,13(17)18-4)7-8-16(3)9-10-19-11-12-5-6-12/h12,15H,5-11H2,1-4H3. The van der Waals surface area contributed by atoms with Gasteiger partial charge in [-0.3, -0.25) is 4.79 Å². The number of rotatable bonds is 10. The van der Waals surface area contributed by atoms with Crippen LogP contribution in [-0.2, 0) is 14.3 Å². The van der Waals surface area contributed by atoms with Crippen LogP contribution in [-0.4, -0.2) is 63.9 Å². The molecule has 1 aliphatic carbocycles. The molecule has 0 bridgehead atoms. The van der Waals surface area contributed by atoms with Gasteiger partial charge in [0, 0.05) is 19.7 Å². The van der Waals surface area contributed by atoms with Crippen LogP contribution in [0.1, 0.15) is 26.2 Å². The van der Waals surface area contributed by atoms with Crippen molar-refractivity contribution in [1.82, 2.24) is 10.2 Å². The number of likely N-dealkylation sites (N-methyl/N-ethyl adjacent to an activating group) is 2. The van der Waals surface area contributed by atoms with Gasteiger partial charge in [-0.2, -0.15) is 0 Å². The molecule has 1 saturated carbocycles. The zero-order valence-corrected chi connectivity index (χ0v) is 12.7. The van der Waals surface area contributed by atoms with Gasteiger partial charge in [-0.05, 0) is 46.2 Å². The third-order valence-corrected chi connectivity index (χ3v) is 3.85. The van der Waals surface area contributed by atoms with Gasteiger partial charge in [0.05, 0.1) is 13.7 Å². The highest BCUT2D eigenvalue weighted by Crippen LogP contribution is 2.28. The molecule has 19 heavy (non-hydrogen) atoms. The molecule has 0 saturated heterocycles. The number of methoxy groups -OCH3 is 1. The summed E-state index contributed by atoms with van der Waals surface area (Å²) in [6, 6.07) is 0. The molecule has 0 aromatic heterocycles. The topological polar surface area (TPSA) is 50.8 Å². The fraction of sp³-hybridized carbons (Fsp3) is 0.929. The SMILES string of the molecule is CNC(C)(CCN(C)CCOCC1CC1)C(=O)OC. The quantitative estimate of drug-likeness (QED) is 0.473. The van der Waals surface area contributed by atoms with E-state index in [1.54, 1.807) is 7.05 Å². The van der Waals surface area contributed by atoms with Gasteiger partial charge in [0.1, 0.15) is 5.54 Å². The molecule has 1 rings (SSSR count). The predicted octanol–water partition coefficient (Wildman–Crippen LogP) is 0.886. The second-order valence-electron chi connectivity index (χ2n) is 5.65. The first-order valence-electron chi connectivity index (χ1n) is 7.05. The number of hydrogen-bond acceptors (Lipinski definition) is 5. The third kappa shape index (κ3) is 5.89. The minimum absolute atomic E-state index is 0.214. The number of nitrogens with zero attached hydrogens (tertiary/aromatic N) is 1. The van der Waals surface area contributed by atoms with E-state index in [4.69, 9.17) is 9.47 Å². The molecule has 1 unspecified atom stereocenters. The van der Waals surface area contributed by atoms with E-state index in [1.807, 2.05) is 14.0 Å². The van der Waals surface area contributed by atoms with Gasteiger partial charge in [-0.1, -0.05) is 0 Å². The van der Waals surface area contributed by atoms with Crippen molar-refractivity contribution in [3.63, 3.8) is 0 Å². The molecule has 0 aliphatic heterocycles. The Morgan fingerprint density at radius 3 is 2.63 bits per heavy atom. The van der Waals surface area contributed by atoms with E-state index in [9.17, 15) is 4.79 Å². The molecule has 1 atom stereocenters. The van der Waals surface area contributed by atoms with E-state index < -0.39 is 5.54 Å². The molecule has 0 aromatic rings. The molecule has 0 aromatic carbocycles. The Balaban J connectivity index is 2.15. The molecule has 0 spiro atoms. The van der Waals surface area contributed by atoms with E-state index >= 15 is 0 Å². The van der Waals surface area contributed by atoms with Crippen LogP contribution < -0.4 is 5.32 Å². The summed E-state index contributed by atoms with van der Waals surface area (Å²) in [5.74, 6) is 0.602. The van der Waals surface area contributed by atoms with Gasteiger partial charge in [-0.15, -0.1) is 0 Å². The first kappa shape index (κ1) is 16.4. The monoisotopic (exact) mass is 272 g/mol. The summed E-state index contributed by atoms with van der Waals surface area (Å²) >= 11 is 0. The van der Waals surface area contributed by atoms with Crippen LogP contribution >= 0.6 is 0 Å². The van der Waals surface area contributed by atoms with Crippen LogP contribution in [0.3, 0.4) is 0 Å². The number of nitrogens with one attached hydrogen (secondary N) is 1. The maximum Gasteiger partial charge on any atom is 0.325 e. The Morgan fingerprint density at radius 1 is 1.42 bits per heavy atom. The van der Waals surface area contributed by atoms with Crippen LogP contribution in [0.15, 0.2) is 0 Å². The average molecular weight is 272 g/mol. The largest absolute Gasteiger partial charge is 0.468 e. The van der Waals surface area contributed by atoms with Crippen molar-refractivity contribution in [1.29, 1.82) is 0 Å². The smallest absolute Gasteiger partial charge is 0.325 e. The summed E-state index contributed by atoms with van der Waals surface area (Å²) < 4.78 is 10.4. The minimum atomic E-state index is -0.613. The first-order chi connectivity index (χ1) is 9.01. The van der Waals surface area contributed by atoms with Crippen LogP contribution in [0.25, 0.3) is 0 Å². The molecule has 0 radical (unpaired) electrons. The van der Waals surface area contributed by atoms with E-state index in [-0.39, 0.29) is 5.97 Å². The van der Waals surface area contributed by atoms with Gasteiger partial charge < -0.3 is 19.7 Å². The number of esters is 1. The first-order valence-corrected chi connectivity index (χ1v) is 7.05. The van der Waals surface area contributed by atoms with Crippen molar-refractivity contribution in [2.45, 2.75) is 31.7 Å². The van der Waals surface area contributed by atoms with Crippen molar-refractivity contribution in [2.75, 3.05) is 47.5 Å². The Hall–Kier alpha value is -0.650. The van der Waals surface area contributed by atoms with Gasteiger partial charge in [0.25, 0.3) is 0 Å². The summed E-state index contributed by atoms with van der Waals surface area (Å²) in [7, 11) is 5.26. The summed E-state index contributed by atoms with van der Waals surface area (Å²) in [5.41, 5.74) is -0.613. The Morgan fingerprint density at radius 2 is 2.11 bits per heavy atom. The van der Waals surface area contributed by atoms with Crippen molar-refractivity contribution in [3.05, 3.63) is 0 Å². The van der Waals surface area contributed by atoms with Crippen molar-refractivity contribution >= 4 is 5.97 Å². The highest BCUT2D eigenvalue weighted by Gasteiger charge is 2.32. The molecule has 0 amide bonds. The lowest BCUT2D eigenvalue weighted by molar-refractivity contribution is -0.148. The van der Waals surface area contributed by atoms with E-state index in [0.717, 1.165) is 38.6 Å². The molecular weight excluding hydrogens is 244 g/mol. The molecule has 1 fully saturated rings. The molecule has 112 valence electrons. The maximum absolute atomic E-state index is 11.7. The second kappa shape index (κ2) is 7.82. The molecule has 1 N–H and O–H groups in total. The molecule has 1 aliphatic rings. The van der Waals surface area contributed by atoms with Gasteiger partial charge >= 0.3 is 5.97 Å². The Labute approximate surface area is 116 Å². The normalized spacial score (nSPS) is 18.4. The summed E-state index contributed by atoms with van der Waals surface area (Å²) in [6.07, 6.45) is 3.38. The fourth-order valence-corrected chi connectivity index (χ4v) is 1.84. The van der Waals surface area contributed by atoms with Crippen molar-refractivity contribution in [2.24, 2.45) is 5.92 Å². The highest BCUT2D eigenvalue weighted by atomic mass is 16.5. The summed E-state index contributed by atoms with van der Waals surface area (Å²) in [5, 5.41) is 3.04. The van der Waals surface area contributed by atoms with E-state index in [1.165, 1.54) is 20.0 Å². The number of ether oxygens (including phenoxy) is 2. The molecule has 5 nitrogen and oxygen atoms in total.